The summed E-state index contributed by atoms with van der Waals surface area (Å²) in [5.41, 5.74) is 3.19. The van der Waals surface area contributed by atoms with Crippen molar-refractivity contribution in [2.24, 2.45) is 5.92 Å². The molecule has 1 fully saturated rings. The van der Waals surface area contributed by atoms with Gasteiger partial charge >= 0.3 is 6.01 Å². The van der Waals surface area contributed by atoms with E-state index >= 15 is 0 Å². The largest absolute Gasteiger partial charge is 0.497 e. The van der Waals surface area contributed by atoms with E-state index in [0.29, 0.717) is 31.5 Å². The second-order valence-electron chi connectivity index (χ2n) is 7.52. The molecule has 0 atom stereocenters. The van der Waals surface area contributed by atoms with Gasteiger partial charge in [-0.05, 0) is 55.2 Å². The minimum absolute atomic E-state index is 0.00856. The molecule has 0 unspecified atom stereocenters. The first-order valence-corrected chi connectivity index (χ1v) is 10.2. The Morgan fingerprint density at radius 3 is 2.57 bits per heavy atom. The smallest absolute Gasteiger partial charge is 0.318 e. The summed E-state index contributed by atoms with van der Waals surface area (Å²) >= 11 is 0. The molecule has 2 heterocycles. The number of carbonyl (C=O) groups is 1. The Labute approximate surface area is 176 Å². The molecule has 1 aliphatic heterocycles. The molecule has 1 saturated heterocycles. The molecule has 7 heteroatoms. The van der Waals surface area contributed by atoms with Crippen LogP contribution in [0.4, 0.5) is 6.01 Å². The van der Waals surface area contributed by atoms with Crippen LogP contribution >= 0.6 is 0 Å². The lowest BCUT2D eigenvalue weighted by molar-refractivity contribution is -0.125. The van der Waals surface area contributed by atoms with E-state index in [1.807, 2.05) is 47.4 Å². The Morgan fingerprint density at radius 1 is 1.13 bits per heavy atom. The zero-order chi connectivity index (χ0) is 20.9. The number of methoxy groups -OCH3 is 1. The van der Waals surface area contributed by atoms with Gasteiger partial charge in [0, 0.05) is 31.1 Å². The van der Waals surface area contributed by atoms with Crippen LogP contribution in [-0.2, 0) is 11.3 Å². The molecule has 156 valence electrons. The van der Waals surface area contributed by atoms with Crippen LogP contribution in [-0.4, -0.2) is 36.3 Å². The van der Waals surface area contributed by atoms with Gasteiger partial charge in [0.25, 0.3) is 0 Å². The quantitative estimate of drug-likeness (QED) is 0.674. The number of nitrogens with zero attached hydrogens (tertiary/aromatic N) is 3. The summed E-state index contributed by atoms with van der Waals surface area (Å²) < 4.78 is 11.0. The first kappa shape index (κ1) is 19.9. The lowest BCUT2D eigenvalue weighted by Gasteiger charge is -2.29. The van der Waals surface area contributed by atoms with Gasteiger partial charge in [0.1, 0.15) is 5.75 Å². The average Bonchev–Trinajstić information content (AvgIpc) is 3.29. The van der Waals surface area contributed by atoms with Gasteiger partial charge in [0.15, 0.2) is 0 Å². The molecular weight excluding hydrogens is 380 g/mol. The van der Waals surface area contributed by atoms with Crippen molar-refractivity contribution in [2.45, 2.75) is 26.3 Å². The molecule has 0 spiro atoms. The number of ether oxygens (including phenoxy) is 1. The molecule has 1 amide bonds. The minimum atomic E-state index is 0.00856. The minimum Gasteiger partial charge on any atom is -0.497 e. The number of nitrogens with one attached hydrogen (secondary N) is 1. The van der Waals surface area contributed by atoms with E-state index in [1.54, 1.807) is 7.11 Å². The van der Waals surface area contributed by atoms with Crippen LogP contribution in [0.2, 0.25) is 0 Å². The van der Waals surface area contributed by atoms with Crippen LogP contribution in [0.5, 0.6) is 5.75 Å². The van der Waals surface area contributed by atoms with E-state index in [-0.39, 0.29) is 11.8 Å². The maximum atomic E-state index is 12.6. The summed E-state index contributed by atoms with van der Waals surface area (Å²) in [7, 11) is 1.63. The fourth-order valence-electron chi connectivity index (χ4n) is 3.66. The Bertz CT molecular complexity index is 992. The third-order valence-electron chi connectivity index (χ3n) is 5.60. The van der Waals surface area contributed by atoms with Gasteiger partial charge in [-0.3, -0.25) is 4.79 Å². The van der Waals surface area contributed by atoms with Crippen molar-refractivity contribution in [3.05, 3.63) is 59.7 Å². The second-order valence-corrected chi connectivity index (χ2v) is 7.52. The number of rotatable bonds is 6. The van der Waals surface area contributed by atoms with E-state index in [2.05, 4.69) is 28.5 Å². The monoisotopic (exact) mass is 406 g/mol. The van der Waals surface area contributed by atoms with Gasteiger partial charge in [-0.15, -0.1) is 5.10 Å². The number of anilines is 1. The van der Waals surface area contributed by atoms with Crippen molar-refractivity contribution in [3.63, 3.8) is 0 Å². The lowest BCUT2D eigenvalue weighted by atomic mass is 9.96. The SMILES string of the molecule is COc1ccc(-c2nnc(N3CCC(C(=O)NCc4ccccc4C)CC3)o2)cc1. The number of aryl methyl sites for hydroxylation is 1. The third-order valence-corrected chi connectivity index (χ3v) is 5.60. The predicted octanol–water partition coefficient (Wildman–Crippen LogP) is 3.59. The van der Waals surface area contributed by atoms with Crippen molar-refractivity contribution in [2.75, 3.05) is 25.1 Å². The van der Waals surface area contributed by atoms with Crippen molar-refractivity contribution >= 4 is 11.9 Å². The van der Waals surface area contributed by atoms with Crippen molar-refractivity contribution in [1.82, 2.24) is 15.5 Å². The molecule has 3 aromatic rings. The van der Waals surface area contributed by atoms with Crippen molar-refractivity contribution in [1.29, 1.82) is 0 Å². The zero-order valence-electron chi connectivity index (χ0n) is 17.3. The van der Waals surface area contributed by atoms with Gasteiger partial charge < -0.3 is 19.4 Å². The zero-order valence-corrected chi connectivity index (χ0v) is 17.3. The number of benzene rings is 2. The molecule has 1 aromatic heterocycles. The molecule has 0 bridgehead atoms. The number of piperidine rings is 1. The van der Waals surface area contributed by atoms with Crippen molar-refractivity contribution < 1.29 is 13.9 Å². The van der Waals surface area contributed by atoms with E-state index in [0.717, 1.165) is 29.7 Å². The third kappa shape index (κ3) is 4.45. The van der Waals surface area contributed by atoms with Gasteiger partial charge in [0.05, 0.1) is 7.11 Å². The number of aromatic nitrogens is 2. The highest BCUT2D eigenvalue weighted by Gasteiger charge is 2.27. The summed E-state index contributed by atoms with van der Waals surface area (Å²) in [6.07, 6.45) is 1.53. The van der Waals surface area contributed by atoms with Gasteiger partial charge in [0.2, 0.25) is 11.8 Å². The molecule has 1 N–H and O–H groups in total. The molecular formula is C23H26N4O3. The molecule has 7 nitrogen and oxygen atoms in total. The summed E-state index contributed by atoms with van der Waals surface area (Å²) in [6, 6.07) is 16.1. The number of carbonyl (C=O) groups excluding carboxylic acids is 1. The molecule has 2 aromatic carbocycles. The van der Waals surface area contributed by atoms with Crippen LogP contribution in [0.1, 0.15) is 24.0 Å². The molecule has 0 radical (unpaired) electrons. The topological polar surface area (TPSA) is 80.5 Å². The summed E-state index contributed by atoms with van der Waals surface area (Å²) in [5.74, 6) is 1.38. The highest BCUT2D eigenvalue weighted by atomic mass is 16.5. The lowest BCUT2D eigenvalue weighted by Crippen LogP contribution is -2.40. The highest BCUT2D eigenvalue weighted by Crippen LogP contribution is 2.27. The highest BCUT2D eigenvalue weighted by molar-refractivity contribution is 5.79. The first-order valence-electron chi connectivity index (χ1n) is 10.2. The Morgan fingerprint density at radius 2 is 1.87 bits per heavy atom. The fraction of sp³-hybridized carbons (Fsp3) is 0.348. The Hall–Kier alpha value is -3.35. The van der Waals surface area contributed by atoms with Crippen LogP contribution in [0.15, 0.2) is 52.9 Å². The van der Waals surface area contributed by atoms with Crippen LogP contribution < -0.4 is 15.0 Å². The predicted molar refractivity (Wildman–Crippen MR) is 114 cm³/mol. The molecule has 4 rings (SSSR count). The van der Waals surface area contributed by atoms with E-state index in [4.69, 9.17) is 9.15 Å². The van der Waals surface area contributed by atoms with Crippen LogP contribution in [0, 0.1) is 12.8 Å². The molecule has 0 saturated carbocycles. The standard InChI is InChI=1S/C23H26N4O3/c1-16-5-3-4-6-19(16)15-24-21(28)17-11-13-27(14-12-17)23-26-25-22(30-23)18-7-9-20(29-2)10-8-18/h3-10,17H,11-15H2,1-2H3,(H,24,28). The van der Waals surface area contributed by atoms with Crippen molar-refractivity contribution in [3.8, 4) is 17.2 Å². The molecule has 30 heavy (non-hydrogen) atoms. The number of hydrogen-bond donors (Lipinski definition) is 1. The summed E-state index contributed by atoms with van der Waals surface area (Å²) in [5, 5.41) is 11.4. The van der Waals surface area contributed by atoms with E-state index in [1.165, 1.54) is 5.56 Å². The normalized spacial score (nSPS) is 14.5. The van der Waals surface area contributed by atoms with Gasteiger partial charge in [-0.1, -0.05) is 29.4 Å². The first-order chi connectivity index (χ1) is 14.6. The number of hydrogen-bond acceptors (Lipinski definition) is 6. The van der Waals surface area contributed by atoms with E-state index < -0.39 is 0 Å². The average molecular weight is 406 g/mol. The van der Waals surface area contributed by atoms with Gasteiger partial charge in [-0.2, -0.15) is 0 Å². The fourth-order valence-corrected chi connectivity index (χ4v) is 3.66. The molecule has 0 aliphatic carbocycles. The Balaban J connectivity index is 1.30. The maximum absolute atomic E-state index is 12.6. The van der Waals surface area contributed by atoms with Crippen LogP contribution in [0.25, 0.3) is 11.5 Å². The summed E-state index contributed by atoms with van der Waals surface area (Å²) in [4.78, 5) is 14.6. The Kier molecular flexibility index (Phi) is 5.97. The maximum Gasteiger partial charge on any atom is 0.318 e. The van der Waals surface area contributed by atoms with E-state index in [9.17, 15) is 4.79 Å². The molecule has 1 aliphatic rings. The second kappa shape index (κ2) is 8.98. The summed E-state index contributed by atoms with van der Waals surface area (Å²) in [6.45, 7) is 4.06. The number of amides is 1. The van der Waals surface area contributed by atoms with Crippen LogP contribution in [0.3, 0.4) is 0 Å². The van der Waals surface area contributed by atoms with Gasteiger partial charge in [-0.25, -0.2) is 0 Å².